The number of hydrogen-bond acceptors (Lipinski definition) is 2. The first kappa shape index (κ1) is 19.5. The number of carbonyl (C=O) groups is 1. The van der Waals surface area contributed by atoms with Crippen LogP contribution >= 0.6 is 27.5 Å². The Morgan fingerprint density at radius 2 is 1.96 bits per heavy atom. The smallest absolute Gasteiger partial charge is 0.323 e. The summed E-state index contributed by atoms with van der Waals surface area (Å²) in [6.07, 6.45) is -3.07. The summed E-state index contributed by atoms with van der Waals surface area (Å²) in [5.74, 6) is -0.666. The fraction of sp³-hybridized carbons (Fsp3) is 0.250. The van der Waals surface area contributed by atoms with Crippen LogP contribution in [0, 0.1) is 6.92 Å². The molecule has 1 N–H and O–H groups in total. The van der Waals surface area contributed by atoms with Crippen LogP contribution in [0.5, 0.6) is 0 Å². The van der Waals surface area contributed by atoms with Crippen LogP contribution in [0.25, 0.3) is 0 Å². The Labute approximate surface area is 154 Å². The van der Waals surface area contributed by atoms with Gasteiger partial charge in [-0.3, -0.25) is 9.59 Å². The molecule has 0 aliphatic rings. The molecule has 134 valence electrons. The maximum Gasteiger partial charge on any atom is 0.416 e. The van der Waals surface area contributed by atoms with Gasteiger partial charge in [-0.25, -0.2) is 0 Å². The molecule has 2 aromatic rings. The van der Waals surface area contributed by atoms with Crippen molar-refractivity contribution in [2.75, 3.05) is 5.32 Å². The monoisotopic (exact) mass is 436 g/mol. The van der Waals surface area contributed by atoms with Gasteiger partial charge < -0.3 is 9.88 Å². The summed E-state index contributed by atoms with van der Waals surface area (Å²) in [5.41, 5.74) is -0.796. The summed E-state index contributed by atoms with van der Waals surface area (Å²) in [4.78, 5) is 24.5. The molecule has 1 atom stereocenters. The second kappa shape index (κ2) is 7.21. The fourth-order valence-corrected chi connectivity index (χ4v) is 2.88. The summed E-state index contributed by atoms with van der Waals surface area (Å²) in [7, 11) is 0. The maximum atomic E-state index is 12.8. The largest absolute Gasteiger partial charge is 0.416 e. The predicted octanol–water partition coefficient (Wildman–Crippen LogP) is 4.79. The molecule has 0 saturated carbocycles. The number of nitrogens with zero attached hydrogens (tertiary/aromatic N) is 1. The Morgan fingerprint density at radius 1 is 1.32 bits per heavy atom. The Bertz CT molecular complexity index is 881. The molecule has 1 unspecified atom stereocenters. The average molecular weight is 438 g/mol. The van der Waals surface area contributed by atoms with Gasteiger partial charge in [0.25, 0.3) is 5.56 Å². The number of alkyl halides is 3. The Hall–Kier alpha value is -1.80. The molecule has 1 amide bonds. The molecular weight excluding hydrogens is 425 g/mol. The molecule has 25 heavy (non-hydrogen) atoms. The highest BCUT2D eigenvalue weighted by Crippen LogP contribution is 2.34. The van der Waals surface area contributed by atoms with E-state index in [0.717, 1.165) is 23.8 Å². The van der Waals surface area contributed by atoms with Crippen molar-refractivity contribution >= 4 is 39.1 Å². The highest BCUT2D eigenvalue weighted by molar-refractivity contribution is 9.10. The van der Waals surface area contributed by atoms with Crippen LogP contribution in [0.4, 0.5) is 18.9 Å². The molecule has 1 heterocycles. The van der Waals surface area contributed by atoms with Crippen molar-refractivity contribution < 1.29 is 18.0 Å². The Balaban J connectivity index is 2.33. The number of aryl methyl sites for hydroxylation is 1. The Kier molecular flexibility index (Phi) is 5.63. The lowest BCUT2D eigenvalue weighted by Crippen LogP contribution is -2.32. The maximum absolute atomic E-state index is 12.8. The van der Waals surface area contributed by atoms with Gasteiger partial charge in [0.2, 0.25) is 5.91 Å². The quantitative estimate of drug-likeness (QED) is 0.750. The molecule has 0 bridgehead atoms. The fourth-order valence-electron chi connectivity index (χ4n) is 2.15. The van der Waals surface area contributed by atoms with Gasteiger partial charge in [-0.1, -0.05) is 11.6 Å². The van der Waals surface area contributed by atoms with E-state index < -0.39 is 29.2 Å². The number of aromatic nitrogens is 1. The zero-order valence-corrected chi connectivity index (χ0v) is 15.5. The van der Waals surface area contributed by atoms with Gasteiger partial charge in [0.1, 0.15) is 6.04 Å². The lowest BCUT2D eigenvalue weighted by molar-refractivity contribution is -0.137. The molecule has 0 radical (unpaired) electrons. The third kappa shape index (κ3) is 4.43. The first-order valence-electron chi connectivity index (χ1n) is 7.06. The second-order valence-corrected chi connectivity index (χ2v) is 6.70. The summed E-state index contributed by atoms with van der Waals surface area (Å²) in [6, 6.07) is 3.29. The minimum Gasteiger partial charge on any atom is -0.323 e. The number of anilines is 1. The van der Waals surface area contributed by atoms with Crippen molar-refractivity contribution in [3.8, 4) is 0 Å². The zero-order valence-electron chi connectivity index (χ0n) is 13.1. The van der Waals surface area contributed by atoms with Gasteiger partial charge in [-0.15, -0.1) is 0 Å². The number of rotatable bonds is 3. The summed E-state index contributed by atoms with van der Waals surface area (Å²) in [5, 5.41) is 2.31. The average Bonchev–Trinajstić information content (AvgIpc) is 2.51. The Morgan fingerprint density at radius 3 is 2.56 bits per heavy atom. The molecule has 1 aromatic heterocycles. The van der Waals surface area contributed by atoms with Crippen molar-refractivity contribution in [2.45, 2.75) is 26.1 Å². The number of halogens is 5. The molecule has 4 nitrogen and oxygen atoms in total. The van der Waals surface area contributed by atoms with Gasteiger partial charge in [0.05, 0.1) is 20.7 Å². The van der Waals surface area contributed by atoms with Crippen molar-refractivity contribution in [1.82, 2.24) is 4.57 Å². The third-order valence-electron chi connectivity index (χ3n) is 3.48. The molecule has 0 aliphatic heterocycles. The SMILES string of the molecule is Cc1cc(Br)c(=O)n(C(C)C(=O)Nc2cc(C(F)(F)F)ccc2Cl)c1. The van der Waals surface area contributed by atoms with E-state index in [-0.39, 0.29) is 15.2 Å². The third-order valence-corrected chi connectivity index (χ3v) is 4.38. The second-order valence-electron chi connectivity index (χ2n) is 5.44. The van der Waals surface area contributed by atoms with Crippen LogP contribution in [0.1, 0.15) is 24.1 Å². The van der Waals surface area contributed by atoms with E-state index in [9.17, 15) is 22.8 Å². The number of nitrogens with one attached hydrogen (secondary N) is 1. The topological polar surface area (TPSA) is 51.1 Å². The number of pyridine rings is 1. The normalized spacial score (nSPS) is 12.8. The first-order chi connectivity index (χ1) is 11.5. The van der Waals surface area contributed by atoms with Gasteiger partial charge in [0, 0.05) is 6.20 Å². The number of benzene rings is 1. The van der Waals surface area contributed by atoms with Crippen LogP contribution in [0.15, 0.2) is 39.7 Å². The van der Waals surface area contributed by atoms with E-state index in [0.29, 0.717) is 0 Å². The molecule has 2 rings (SSSR count). The molecule has 1 aromatic carbocycles. The molecule has 9 heteroatoms. The summed E-state index contributed by atoms with van der Waals surface area (Å²) in [6.45, 7) is 3.21. The van der Waals surface area contributed by atoms with Crippen LogP contribution in [-0.2, 0) is 11.0 Å². The van der Waals surface area contributed by atoms with Gasteiger partial charge in [0.15, 0.2) is 0 Å². The van der Waals surface area contributed by atoms with Crippen molar-refractivity contribution in [3.05, 3.63) is 61.4 Å². The van der Waals surface area contributed by atoms with Gasteiger partial charge in [-0.2, -0.15) is 13.2 Å². The summed E-state index contributed by atoms with van der Waals surface area (Å²) >= 11 is 8.98. The lowest BCUT2D eigenvalue weighted by atomic mass is 10.2. The molecule has 0 fully saturated rings. The van der Waals surface area contributed by atoms with Crippen LogP contribution in [0.2, 0.25) is 5.02 Å². The van der Waals surface area contributed by atoms with E-state index in [2.05, 4.69) is 21.2 Å². The van der Waals surface area contributed by atoms with E-state index in [4.69, 9.17) is 11.6 Å². The highest BCUT2D eigenvalue weighted by Gasteiger charge is 2.31. The van der Waals surface area contributed by atoms with E-state index in [1.165, 1.54) is 17.7 Å². The first-order valence-corrected chi connectivity index (χ1v) is 8.23. The zero-order chi connectivity index (χ0) is 18.9. The van der Waals surface area contributed by atoms with Crippen LogP contribution in [0.3, 0.4) is 0 Å². The number of hydrogen-bond donors (Lipinski definition) is 1. The van der Waals surface area contributed by atoms with E-state index in [1.54, 1.807) is 13.0 Å². The highest BCUT2D eigenvalue weighted by atomic mass is 79.9. The predicted molar refractivity (Wildman–Crippen MR) is 92.9 cm³/mol. The van der Waals surface area contributed by atoms with Crippen LogP contribution < -0.4 is 10.9 Å². The van der Waals surface area contributed by atoms with Crippen molar-refractivity contribution in [1.29, 1.82) is 0 Å². The van der Waals surface area contributed by atoms with E-state index >= 15 is 0 Å². The molecular formula is C16H13BrClF3N2O2. The van der Waals surface area contributed by atoms with Crippen LogP contribution in [-0.4, -0.2) is 10.5 Å². The molecule has 0 aliphatic carbocycles. The summed E-state index contributed by atoms with van der Waals surface area (Å²) < 4.78 is 39.9. The van der Waals surface area contributed by atoms with Gasteiger partial charge >= 0.3 is 6.18 Å². The minimum atomic E-state index is -4.56. The minimum absolute atomic E-state index is 0.0358. The molecule has 0 spiro atoms. The lowest BCUT2D eigenvalue weighted by Gasteiger charge is -2.17. The van der Waals surface area contributed by atoms with Crippen molar-refractivity contribution in [3.63, 3.8) is 0 Å². The van der Waals surface area contributed by atoms with Crippen molar-refractivity contribution in [2.24, 2.45) is 0 Å². The van der Waals surface area contributed by atoms with E-state index in [1.807, 2.05) is 0 Å². The number of carbonyl (C=O) groups excluding carboxylic acids is 1. The van der Waals surface area contributed by atoms with Gasteiger partial charge in [-0.05, 0) is 59.6 Å². The number of amides is 1. The molecule has 0 saturated heterocycles. The standard InChI is InChI=1S/C16H13BrClF3N2O2/c1-8-5-11(17)15(25)23(7-8)9(2)14(24)22-13-6-10(16(19,20)21)3-4-12(13)18/h3-7,9H,1-2H3,(H,22,24).